The van der Waals surface area contributed by atoms with Crippen molar-refractivity contribution in [1.82, 2.24) is 9.88 Å². The lowest BCUT2D eigenvalue weighted by Crippen LogP contribution is -2.32. The maximum Gasteiger partial charge on any atom is 0.140 e. The Morgan fingerprint density at radius 1 is 1.44 bits per heavy atom. The van der Waals surface area contributed by atoms with Crippen LogP contribution in [-0.2, 0) is 6.54 Å². The van der Waals surface area contributed by atoms with Gasteiger partial charge >= 0.3 is 0 Å². The summed E-state index contributed by atoms with van der Waals surface area (Å²) in [6.45, 7) is 7.63. The van der Waals surface area contributed by atoms with Crippen LogP contribution < -0.4 is 11.3 Å². The molecule has 4 heteroatoms. The van der Waals surface area contributed by atoms with E-state index in [1.54, 1.807) is 6.20 Å². The fourth-order valence-electron chi connectivity index (χ4n) is 1.59. The third-order valence-electron chi connectivity index (χ3n) is 3.06. The summed E-state index contributed by atoms with van der Waals surface area (Å²) in [6, 6.07) is 4.55. The topological polar surface area (TPSA) is 54.2 Å². The molecule has 1 atom stereocenters. The Labute approximate surface area is 97.8 Å². The molecule has 0 saturated carbocycles. The minimum absolute atomic E-state index is 0.558. The Balaban J connectivity index is 2.65. The van der Waals surface area contributed by atoms with Gasteiger partial charge in [0.1, 0.15) is 5.82 Å². The number of pyridine rings is 1. The van der Waals surface area contributed by atoms with Gasteiger partial charge in [0.05, 0.1) is 0 Å². The van der Waals surface area contributed by atoms with Gasteiger partial charge in [-0.1, -0.05) is 13.8 Å². The van der Waals surface area contributed by atoms with Gasteiger partial charge in [-0.15, -0.1) is 0 Å². The molecule has 4 nitrogen and oxygen atoms in total. The van der Waals surface area contributed by atoms with Crippen LogP contribution >= 0.6 is 0 Å². The third kappa shape index (κ3) is 3.47. The van der Waals surface area contributed by atoms with E-state index in [4.69, 9.17) is 5.84 Å². The van der Waals surface area contributed by atoms with E-state index in [1.165, 1.54) is 5.56 Å². The highest BCUT2D eigenvalue weighted by Gasteiger charge is 2.13. The normalized spacial score (nSPS) is 13.2. The van der Waals surface area contributed by atoms with Gasteiger partial charge in [-0.2, -0.15) is 0 Å². The SMILES string of the molecule is CC(C)C(C)N(C)Cc1ccnc(NN)c1. The summed E-state index contributed by atoms with van der Waals surface area (Å²) in [5.41, 5.74) is 3.78. The van der Waals surface area contributed by atoms with E-state index in [0.29, 0.717) is 17.8 Å². The molecule has 1 aromatic heterocycles. The summed E-state index contributed by atoms with van der Waals surface area (Å²) in [5.74, 6) is 6.69. The van der Waals surface area contributed by atoms with Crippen molar-refractivity contribution in [3.8, 4) is 0 Å². The van der Waals surface area contributed by atoms with Gasteiger partial charge in [0, 0.05) is 18.8 Å². The third-order valence-corrected chi connectivity index (χ3v) is 3.06. The fourth-order valence-corrected chi connectivity index (χ4v) is 1.59. The first kappa shape index (κ1) is 12.9. The number of aromatic nitrogens is 1. The summed E-state index contributed by atoms with van der Waals surface area (Å²) >= 11 is 0. The smallest absolute Gasteiger partial charge is 0.140 e. The van der Waals surface area contributed by atoms with Crippen LogP contribution in [0.4, 0.5) is 5.82 Å². The van der Waals surface area contributed by atoms with Crippen LogP contribution in [0, 0.1) is 5.92 Å². The highest BCUT2D eigenvalue weighted by atomic mass is 15.2. The van der Waals surface area contributed by atoms with E-state index in [1.807, 2.05) is 12.1 Å². The lowest BCUT2D eigenvalue weighted by molar-refractivity contribution is 0.200. The lowest BCUT2D eigenvalue weighted by Gasteiger charge is -2.27. The zero-order chi connectivity index (χ0) is 12.1. The van der Waals surface area contributed by atoms with Crippen molar-refractivity contribution in [2.24, 2.45) is 11.8 Å². The predicted octanol–water partition coefficient (Wildman–Crippen LogP) is 1.84. The molecule has 1 rings (SSSR count). The maximum absolute atomic E-state index is 5.33. The van der Waals surface area contributed by atoms with Crippen molar-refractivity contribution in [2.75, 3.05) is 12.5 Å². The molecule has 0 fully saturated rings. The van der Waals surface area contributed by atoms with Crippen LogP contribution in [0.3, 0.4) is 0 Å². The van der Waals surface area contributed by atoms with Crippen LogP contribution in [0.5, 0.6) is 0 Å². The molecule has 1 aromatic rings. The molecule has 0 radical (unpaired) electrons. The number of nitrogens with two attached hydrogens (primary N) is 1. The van der Waals surface area contributed by atoms with Gasteiger partial charge < -0.3 is 5.43 Å². The van der Waals surface area contributed by atoms with E-state index >= 15 is 0 Å². The molecule has 0 spiro atoms. The molecule has 1 unspecified atom stereocenters. The van der Waals surface area contributed by atoms with Gasteiger partial charge in [-0.3, -0.25) is 4.90 Å². The Morgan fingerprint density at radius 2 is 2.12 bits per heavy atom. The van der Waals surface area contributed by atoms with Crippen LogP contribution in [0.1, 0.15) is 26.3 Å². The second-order valence-electron chi connectivity index (χ2n) is 4.59. The second-order valence-corrected chi connectivity index (χ2v) is 4.59. The van der Waals surface area contributed by atoms with Crippen molar-refractivity contribution in [2.45, 2.75) is 33.4 Å². The first-order valence-electron chi connectivity index (χ1n) is 5.66. The molecule has 0 aromatic carbocycles. The van der Waals surface area contributed by atoms with E-state index in [2.05, 4.69) is 43.1 Å². The highest BCUT2D eigenvalue weighted by molar-refractivity contribution is 5.35. The zero-order valence-corrected chi connectivity index (χ0v) is 10.6. The first-order valence-corrected chi connectivity index (χ1v) is 5.66. The summed E-state index contributed by atoms with van der Waals surface area (Å²) in [6.07, 6.45) is 1.78. The number of nitrogens with one attached hydrogen (secondary N) is 1. The van der Waals surface area contributed by atoms with E-state index < -0.39 is 0 Å². The number of rotatable bonds is 5. The molecule has 0 bridgehead atoms. The van der Waals surface area contributed by atoms with Crippen molar-refractivity contribution in [3.05, 3.63) is 23.9 Å². The lowest BCUT2D eigenvalue weighted by atomic mass is 10.0. The molecule has 1 heterocycles. The number of nitrogens with zero attached hydrogens (tertiary/aromatic N) is 2. The van der Waals surface area contributed by atoms with Gasteiger partial charge in [0.15, 0.2) is 0 Å². The van der Waals surface area contributed by atoms with Gasteiger partial charge in [0.25, 0.3) is 0 Å². The molecule has 16 heavy (non-hydrogen) atoms. The van der Waals surface area contributed by atoms with Crippen LogP contribution in [0.25, 0.3) is 0 Å². The average molecular weight is 222 g/mol. The number of anilines is 1. The molecule has 0 saturated heterocycles. The van der Waals surface area contributed by atoms with Crippen LogP contribution in [0.2, 0.25) is 0 Å². The van der Waals surface area contributed by atoms with Crippen molar-refractivity contribution < 1.29 is 0 Å². The maximum atomic E-state index is 5.33. The molecule has 0 amide bonds. The molecule has 90 valence electrons. The summed E-state index contributed by atoms with van der Waals surface area (Å²) in [7, 11) is 2.14. The molecule has 3 N–H and O–H groups in total. The average Bonchev–Trinajstić information content (AvgIpc) is 2.28. The zero-order valence-electron chi connectivity index (χ0n) is 10.6. The number of hydrazine groups is 1. The highest BCUT2D eigenvalue weighted by Crippen LogP contribution is 2.13. The largest absolute Gasteiger partial charge is 0.308 e. The Bertz CT molecular complexity index is 325. The summed E-state index contributed by atoms with van der Waals surface area (Å²) in [5, 5.41) is 0. The number of nitrogen functional groups attached to an aromatic ring is 1. The van der Waals surface area contributed by atoms with Crippen molar-refractivity contribution in [1.29, 1.82) is 0 Å². The van der Waals surface area contributed by atoms with Crippen molar-refractivity contribution in [3.63, 3.8) is 0 Å². The predicted molar refractivity (Wildman–Crippen MR) is 67.8 cm³/mol. The summed E-state index contributed by atoms with van der Waals surface area (Å²) < 4.78 is 0. The van der Waals surface area contributed by atoms with Gasteiger partial charge in [-0.05, 0) is 37.6 Å². The van der Waals surface area contributed by atoms with E-state index in [-0.39, 0.29) is 0 Å². The minimum Gasteiger partial charge on any atom is -0.308 e. The monoisotopic (exact) mass is 222 g/mol. The Hall–Kier alpha value is -1.13. The van der Waals surface area contributed by atoms with E-state index in [0.717, 1.165) is 6.54 Å². The molecular weight excluding hydrogens is 200 g/mol. The number of hydrogen-bond acceptors (Lipinski definition) is 4. The fraction of sp³-hybridized carbons (Fsp3) is 0.583. The molecule has 0 aliphatic carbocycles. The Kier molecular flexibility index (Phi) is 4.71. The van der Waals surface area contributed by atoms with Crippen LogP contribution in [0.15, 0.2) is 18.3 Å². The standard InChI is InChI=1S/C12H22N4/c1-9(2)10(3)16(4)8-11-5-6-14-12(7-11)15-13/h5-7,9-10H,8,13H2,1-4H3,(H,14,15). The van der Waals surface area contributed by atoms with Crippen LogP contribution in [-0.4, -0.2) is 23.0 Å². The summed E-state index contributed by atoms with van der Waals surface area (Å²) in [4.78, 5) is 6.42. The second kappa shape index (κ2) is 5.82. The Morgan fingerprint density at radius 3 is 2.69 bits per heavy atom. The molecule has 0 aliphatic rings. The van der Waals surface area contributed by atoms with Gasteiger partial charge in [-0.25, -0.2) is 10.8 Å². The molecule has 0 aliphatic heterocycles. The van der Waals surface area contributed by atoms with E-state index in [9.17, 15) is 0 Å². The quantitative estimate of drug-likeness (QED) is 0.589. The van der Waals surface area contributed by atoms with Gasteiger partial charge in [0.2, 0.25) is 0 Å². The minimum atomic E-state index is 0.558. The first-order chi connectivity index (χ1) is 7.54. The number of hydrogen-bond donors (Lipinski definition) is 2. The molecular formula is C12H22N4. The van der Waals surface area contributed by atoms with Crippen molar-refractivity contribution >= 4 is 5.82 Å².